The summed E-state index contributed by atoms with van der Waals surface area (Å²) in [4.78, 5) is 0. The number of aryl methyl sites for hydroxylation is 2. The maximum absolute atomic E-state index is 9.25. The average Bonchev–Trinajstić information content (AvgIpc) is 2.14. The van der Waals surface area contributed by atoms with E-state index < -0.39 is 0 Å². The predicted molar refractivity (Wildman–Crippen MR) is 58.3 cm³/mol. The summed E-state index contributed by atoms with van der Waals surface area (Å²) in [7, 11) is 0. The summed E-state index contributed by atoms with van der Waals surface area (Å²) in [6.07, 6.45) is 0.987. The molecule has 74 valence electrons. The van der Waals surface area contributed by atoms with Crippen LogP contribution in [0.25, 0.3) is 0 Å². The van der Waals surface area contributed by atoms with Crippen LogP contribution in [0.3, 0.4) is 0 Å². The number of phenols is 1. The van der Waals surface area contributed by atoms with Crippen molar-refractivity contribution < 1.29 is 5.11 Å². The first-order valence-electron chi connectivity index (χ1n) is 4.94. The molecule has 0 aliphatic carbocycles. The zero-order valence-corrected chi connectivity index (χ0v) is 9.31. The third-order valence-electron chi connectivity index (χ3n) is 2.14. The van der Waals surface area contributed by atoms with E-state index in [9.17, 15) is 5.11 Å². The summed E-state index contributed by atoms with van der Waals surface area (Å²) in [5.74, 6) is 0.380. The van der Waals surface area contributed by atoms with Gasteiger partial charge in [-0.05, 0) is 49.1 Å². The van der Waals surface area contributed by atoms with Crippen LogP contribution in [-0.4, -0.2) is 5.11 Å². The minimum absolute atomic E-state index is 0.380. The van der Waals surface area contributed by atoms with E-state index in [1.54, 1.807) is 6.07 Å². The number of rotatable bonds is 1. The Morgan fingerprint density at radius 1 is 1.15 bits per heavy atom. The lowest BCUT2D eigenvalue weighted by Gasteiger charge is -2.06. The van der Waals surface area contributed by atoms with Crippen LogP contribution in [0.1, 0.15) is 37.5 Å². The minimum atomic E-state index is 0.380. The molecule has 1 aromatic carbocycles. The van der Waals surface area contributed by atoms with E-state index >= 15 is 0 Å². The van der Waals surface area contributed by atoms with Gasteiger partial charge in [-0.25, -0.2) is 0 Å². The molecule has 0 unspecified atom stereocenters. The summed E-state index contributed by atoms with van der Waals surface area (Å²) in [6.45, 7) is 10.2. The van der Waals surface area contributed by atoms with Crippen molar-refractivity contribution in [2.75, 3.05) is 0 Å². The van der Waals surface area contributed by atoms with Gasteiger partial charge in [0.25, 0.3) is 0 Å². The van der Waals surface area contributed by atoms with Crippen LogP contribution in [-0.2, 0) is 6.42 Å². The molecular weight excluding hydrogens is 160 g/mol. The Morgan fingerprint density at radius 3 is 2.15 bits per heavy atom. The molecule has 0 amide bonds. The van der Waals surface area contributed by atoms with E-state index in [1.807, 2.05) is 26.8 Å². The lowest BCUT2D eigenvalue weighted by Crippen LogP contribution is -1.89. The van der Waals surface area contributed by atoms with Crippen LogP contribution in [0.5, 0.6) is 5.75 Å². The third-order valence-corrected chi connectivity index (χ3v) is 2.14. The Balaban J connectivity index is 0.000000671. The van der Waals surface area contributed by atoms with Gasteiger partial charge in [0, 0.05) is 0 Å². The van der Waals surface area contributed by atoms with E-state index in [0.717, 1.165) is 6.42 Å². The topological polar surface area (TPSA) is 20.2 Å². The molecule has 0 fully saturated rings. The van der Waals surface area contributed by atoms with Crippen molar-refractivity contribution in [1.82, 2.24) is 0 Å². The number of hydrogen-bond acceptors (Lipinski definition) is 1. The molecule has 0 atom stereocenters. The summed E-state index contributed by atoms with van der Waals surface area (Å²) in [5, 5.41) is 9.25. The maximum Gasteiger partial charge on any atom is 0.116 e. The van der Waals surface area contributed by atoms with Crippen LogP contribution in [0.15, 0.2) is 12.1 Å². The molecule has 0 bridgehead atoms. The second-order valence-electron chi connectivity index (χ2n) is 2.90. The van der Waals surface area contributed by atoms with Crippen LogP contribution in [0.2, 0.25) is 0 Å². The normalized spacial score (nSPS) is 9.00. The Bertz CT molecular complexity index is 264. The highest BCUT2D eigenvalue weighted by atomic mass is 16.3. The number of hydrogen-bond donors (Lipinski definition) is 1. The van der Waals surface area contributed by atoms with Crippen LogP contribution >= 0.6 is 0 Å². The van der Waals surface area contributed by atoms with Gasteiger partial charge in [-0.15, -0.1) is 0 Å². The highest BCUT2D eigenvalue weighted by Crippen LogP contribution is 2.20. The summed E-state index contributed by atoms with van der Waals surface area (Å²) in [5.41, 5.74) is 3.70. The van der Waals surface area contributed by atoms with Gasteiger partial charge >= 0.3 is 0 Å². The van der Waals surface area contributed by atoms with Crippen LogP contribution < -0.4 is 0 Å². The number of phenolic OH excluding ortho intramolecular Hbond substituents is 1. The van der Waals surface area contributed by atoms with Gasteiger partial charge in [0.05, 0.1) is 0 Å². The van der Waals surface area contributed by atoms with Gasteiger partial charge < -0.3 is 5.11 Å². The maximum atomic E-state index is 9.25. The molecule has 1 aromatic rings. The standard InChI is InChI=1S/C10H14O.C2H6/c1-4-9-6-10(11)5-7(2)8(9)3;1-2/h5-6,11H,4H2,1-3H3;1-2H3. The molecule has 0 radical (unpaired) electrons. The summed E-state index contributed by atoms with van der Waals surface area (Å²) in [6, 6.07) is 3.64. The Labute approximate surface area is 81.4 Å². The van der Waals surface area contributed by atoms with E-state index in [1.165, 1.54) is 16.7 Å². The van der Waals surface area contributed by atoms with E-state index in [2.05, 4.69) is 13.8 Å². The predicted octanol–water partition coefficient (Wildman–Crippen LogP) is 3.60. The average molecular weight is 180 g/mol. The summed E-state index contributed by atoms with van der Waals surface area (Å²) < 4.78 is 0. The molecule has 0 aromatic heterocycles. The van der Waals surface area contributed by atoms with Crippen molar-refractivity contribution >= 4 is 0 Å². The molecule has 13 heavy (non-hydrogen) atoms. The Hall–Kier alpha value is -0.980. The zero-order valence-electron chi connectivity index (χ0n) is 9.31. The minimum Gasteiger partial charge on any atom is -0.508 e. The molecular formula is C12H20O. The molecule has 1 N–H and O–H groups in total. The number of aromatic hydroxyl groups is 1. The number of benzene rings is 1. The lowest BCUT2D eigenvalue weighted by molar-refractivity contribution is 0.474. The second kappa shape index (κ2) is 5.63. The van der Waals surface area contributed by atoms with Crippen molar-refractivity contribution in [2.45, 2.75) is 41.0 Å². The SMILES string of the molecule is CC.CCc1cc(O)cc(C)c1C. The second-order valence-corrected chi connectivity index (χ2v) is 2.90. The molecule has 0 aliphatic rings. The highest BCUT2D eigenvalue weighted by molar-refractivity contribution is 5.40. The quantitative estimate of drug-likeness (QED) is 0.700. The lowest BCUT2D eigenvalue weighted by atomic mass is 10.0. The molecule has 1 rings (SSSR count). The first-order chi connectivity index (χ1) is 6.15. The Morgan fingerprint density at radius 2 is 1.69 bits per heavy atom. The van der Waals surface area contributed by atoms with E-state index in [0.29, 0.717) is 5.75 Å². The summed E-state index contributed by atoms with van der Waals surface area (Å²) >= 11 is 0. The fourth-order valence-corrected chi connectivity index (χ4v) is 1.28. The van der Waals surface area contributed by atoms with E-state index in [4.69, 9.17) is 0 Å². The van der Waals surface area contributed by atoms with Gasteiger partial charge in [0.2, 0.25) is 0 Å². The van der Waals surface area contributed by atoms with Gasteiger partial charge in [-0.1, -0.05) is 20.8 Å². The molecule has 0 spiro atoms. The third kappa shape index (κ3) is 3.10. The Kier molecular flexibility index (Phi) is 5.20. The first kappa shape index (κ1) is 12.0. The van der Waals surface area contributed by atoms with E-state index in [-0.39, 0.29) is 0 Å². The van der Waals surface area contributed by atoms with Crippen molar-refractivity contribution in [1.29, 1.82) is 0 Å². The zero-order chi connectivity index (χ0) is 10.4. The first-order valence-corrected chi connectivity index (χ1v) is 4.94. The molecule has 0 saturated carbocycles. The smallest absolute Gasteiger partial charge is 0.116 e. The van der Waals surface area contributed by atoms with Crippen LogP contribution in [0.4, 0.5) is 0 Å². The molecule has 0 aliphatic heterocycles. The van der Waals surface area contributed by atoms with Crippen molar-refractivity contribution in [3.8, 4) is 5.75 Å². The molecule has 1 nitrogen and oxygen atoms in total. The van der Waals surface area contributed by atoms with Crippen molar-refractivity contribution in [3.05, 3.63) is 28.8 Å². The van der Waals surface area contributed by atoms with Gasteiger partial charge in [-0.3, -0.25) is 0 Å². The molecule has 1 heteroatoms. The molecule has 0 saturated heterocycles. The van der Waals surface area contributed by atoms with Gasteiger partial charge in [0.1, 0.15) is 5.75 Å². The van der Waals surface area contributed by atoms with Gasteiger partial charge in [-0.2, -0.15) is 0 Å². The molecule has 0 heterocycles. The fourth-order valence-electron chi connectivity index (χ4n) is 1.28. The van der Waals surface area contributed by atoms with Crippen molar-refractivity contribution in [2.24, 2.45) is 0 Å². The van der Waals surface area contributed by atoms with Crippen molar-refractivity contribution in [3.63, 3.8) is 0 Å². The largest absolute Gasteiger partial charge is 0.508 e. The fraction of sp³-hybridized carbons (Fsp3) is 0.500. The highest BCUT2D eigenvalue weighted by Gasteiger charge is 2.00. The van der Waals surface area contributed by atoms with Crippen LogP contribution in [0, 0.1) is 13.8 Å². The monoisotopic (exact) mass is 180 g/mol. The van der Waals surface area contributed by atoms with Gasteiger partial charge in [0.15, 0.2) is 0 Å².